The Kier molecular flexibility index (Phi) is 3.80. The van der Waals surface area contributed by atoms with Crippen molar-refractivity contribution in [3.63, 3.8) is 0 Å². The third-order valence-corrected chi connectivity index (χ3v) is 3.28. The molecule has 0 atom stereocenters. The highest BCUT2D eigenvalue weighted by Gasteiger charge is 2.13. The van der Waals surface area contributed by atoms with Gasteiger partial charge in [-0.25, -0.2) is 9.78 Å². The molecule has 0 aliphatic carbocycles. The number of nitrogens with zero attached hydrogens (tertiary/aromatic N) is 3. The number of rotatable bonds is 5. The Morgan fingerprint density at radius 3 is 2.70 bits per heavy atom. The van der Waals surface area contributed by atoms with Crippen LogP contribution in [0, 0.1) is 0 Å². The average Bonchev–Trinajstić information content (AvgIpc) is 2.69. The van der Waals surface area contributed by atoms with Crippen LogP contribution in [0.1, 0.15) is 33.1 Å². The van der Waals surface area contributed by atoms with Crippen molar-refractivity contribution in [2.24, 2.45) is 7.05 Å². The van der Waals surface area contributed by atoms with Crippen LogP contribution in [-0.4, -0.2) is 29.8 Å². The van der Waals surface area contributed by atoms with E-state index in [1.165, 1.54) is 10.9 Å². The number of fused-ring (bicyclic) bond motifs is 1. The second-order valence-corrected chi connectivity index (χ2v) is 5.71. The highest BCUT2D eigenvalue weighted by atomic mass is 16.3. The van der Waals surface area contributed by atoms with Gasteiger partial charge < -0.3 is 9.67 Å². The Morgan fingerprint density at radius 2 is 2.05 bits per heavy atom. The number of imidazole rings is 1. The summed E-state index contributed by atoms with van der Waals surface area (Å²) in [5.74, 6) is 0. The van der Waals surface area contributed by atoms with Gasteiger partial charge in [-0.3, -0.25) is 14.3 Å². The smallest absolute Gasteiger partial charge is 0.330 e. The molecule has 2 aromatic heterocycles. The zero-order valence-corrected chi connectivity index (χ0v) is 12.0. The summed E-state index contributed by atoms with van der Waals surface area (Å²) in [4.78, 5) is 30.8. The SMILES string of the molecule is Cn1cnc2c(=O)n(CCCCC(C)(C)O)c(=O)[nH]c21. The first-order valence-corrected chi connectivity index (χ1v) is 6.66. The van der Waals surface area contributed by atoms with Crippen molar-refractivity contribution in [1.29, 1.82) is 0 Å². The molecule has 0 saturated carbocycles. The standard InChI is InChI=1S/C13H20N4O3/c1-13(2,20)6-4-5-7-17-11(18)9-10(15-12(17)19)16(3)8-14-9/h8,20H,4-7H2,1-3H3,(H,15,19). The van der Waals surface area contributed by atoms with Gasteiger partial charge in [-0.2, -0.15) is 0 Å². The maximum absolute atomic E-state index is 12.2. The highest BCUT2D eigenvalue weighted by molar-refractivity contribution is 5.68. The van der Waals surface area contributed by atoms with E-state index in [0.29, 0.717) is 25.0 Å². The number of unbranched alkanes of at least 4 members (excludes halogenated alkanes) is 1. The lowest BCUT2D eigenvalue weighted by Crippen LogP contribution is -2.35. The van der Waals surface area contributed by atoms with Crippen LogP contribution in [0.3, 0.4) is 0 Å². The van der Waals surface area contributed by atoms with E-state index < -0.39 is 11.3 Å². The molecule has 0 aliphatic heterocycles. The second kappa shape index (κ2) is 5.24. The molecule has 2 aromatic rings. The molecule has 0 aromatic carbocycles. The second-order valence-electron chi connectivity index (χ2n) is 5.71. The summed E-state index contributed by atoms with van der Waals surface area (Å²) in [5.41, 5.74) is -0.799. The predicted molar refractivity (Wildman–Crippen MR) is 75.7 cm³/mol. The number of hydrogen-bond acceptors (Lipinski definition) is 4. The number of H-pyrrole nitrogens is 1. The molecular weight excluding hydrogens is 260 g/mol. The molecule has 7 nitrogen and oxygen atoms in total. The maximum atomic E-state index is 12.2. The van der Waals surface area contributed by atoms with Crippen molar-refractivity contribution in [3.05, 3.63) is 27.2 Å². The molecule has 0 radical (unpaired) electrons. The highest BCUT2D eigenvalue weighted by Crippen LogP contribution is 2.12. The van der Waals surface area contributed by atoms with Gasteiger partial charge in [0.1, 0.15) is 5.65 Å². The number of aryl methyl sites for hydroxylation is 1. The number of aromatic amines is 1. The lowest BCUT2D eigenvalue weighted by atomic mass is 10.0. The summed E-state index contributed by atoms with van der Waals surface area (Å²) in [7, 11) is 1.72. The normalized spacial score (nSPS) is 12.2. The quantitative estimate of drug-likeness (QED) is 0.774. The fourth-order valence-electron chi connectivity index (χ4n) is 2.15. The van der Waals surface area contributed by atoms with E-state index in [1.54, 1.807) is 25.5 Å². The summed E-state index contributed by atoms with van der Waals surface area (Å²) < 4.78 is 2.77. The summed E-state index contributed by atoms with van der Waals surface area (Å²) >= 11 is 0. The Balaban J connectivity index is 2.19. The summed E-state index contributed by atoms with van der Waals surface area (Å²) in [5, 5.41) is 9.62. The Bertz CT molecular complexity index is 718. The minimum atomic E-state index is -0.720. The molecule has 0 bridgehead atoms. The van der Waals surface area contributed by atoms with E-state index in [2.05, 4.69) is 9.97 Å². The van der Waals surface area contributed by atoms with Crippen LogP contribution in [0.15, 0.2) is 15.9 Å². The Morgan fingerprint density at radius 1 is 1.35 bits per heavy atom. The van der Waals surface area contributed by atoms with Crippen LogP contribution in [0.2, 0.25) is 0 Å². The Labute approximate surface area is 115 Å². The van der Waals surface area contributed by atoms with Gasteiger partial charge in [-0.05, 0) is 33.1 Å². The van der Waals surface area contributed by atoms with Crippen molar-refractivity contribution in [3.8, 4) is 0 Å². The van der Waals surface area contributed by atoms with Gasteiger partial charge in [0.25, 0.3) is 5.56 Å². The maximum Gasteiger partial charge on any atom is 0.330 e. The topological polar surface area (TPSA) is 92.9 Å². The van der Waals surface area contributed by atoms with E-state index in [0.717, 1.165) is 6.42 Å². The first kappa shape index (κ1) is 14.5. The first-order valence-electron chi connectivity index (χ1n) is 6.66. The zero-order valence-electron chi connectivity index (χ0n) is 12.0. The largest absolute Gasteiger partial charge is 0.390 e. The third-order valence-electron chi connectivity index (χ3n) is 3.28. The molecule has 2 N–H and O–H groups in total. The molecule has 0 fully saturated rings. The van der Waals surface area contributed by atoms with Gasteiger partial charge in [-0.1, -0.05) is 0 Å². The van der Waals surface area contributed by atoms with Crippen LogP contribution in [0.4, 0.5) is 0 Å². The van der Waals surface area contributed by atoms with Gasteiger partial charge in [0.15, 0.2) is 5.52 Å². The van der Waals surface area contributed by atoms with Gasteiger partial charge in [0, 0.05) is 13.6 Å². The molecule has 2 rings (SSSR count). The van der Waals surface area contributed by atoms with E-state index >= 15 is 0 Å². The summed E-state index contributed by atoms with van der Waals surface area (Å²) in [6.07, 6.45) is 3.53. The van der Waals surface area contributed by atoms with Crippen LogP contribution in [-0.2, 0) is 13.6 Å². The van der Waals surface area contributed by atoms with E-state index in [4.69, 9.17) is 0 Å². The Hall–Kier alpha value is -1.89. The van der Waals surface area contributed by atoms with Crippen LogP contribution in [0.5, 0.6) is 0 Å². The van der Waals surface area contributed by atoms with Crippen LogP contribution >= 0.6 is 0 Å². The van der Waals surface area contributed by atoms with Gasteiger partial charge in [-0.15, -0.1) is 0 Å². The fraction of sp³-hybridized carbons (Fsp3) is 0.615. The molecule has 0 spiro atoms. The van der Waals surface area contributed by atoms with Crippen LogP contribution < -0.4 is 11.2 Å². The number of aromatic nitrogens is 4. The summed E-state index contributed by atoms with van der Waals surface area (Å²) in [6, 6.07) is 0. The van der Waals surface area contributed by atoms with Crippen molar-refractivity contribution < 1.29 is 5.11 Å². The minimum Gasteiger partial charge on any atom is -0.390 e. The first-order chi connectivity index (χ1) is 9.29. The number of nitrogens with one attached hydrogen (secondary N) is 1. The number of aliphatic hydroxyl groups is 1. The average molecular weight is 280 g/mol. The zero-order chi connectivity index (χ0) is 14.9. The van der Waals surface area contributed by atoms with Crippen molar-refractivity contribution in [2.75, 3.05) is 0 Å². The van der Waals surface area contributed by atoms with Crippen molar-refractivity contribution >= 4 is 11.2 Å². The molecule has 0 saturated heterocycles. The molecular formula is C13H20N4O3. The van der Waals surface area contributed by atoms with Crippen molar-refractivity contribution in [1.82, 2.24) is 19.1 Å². The third kappa shape index (κ3) is 2.98. The molecule has 20 heavy (non-hydrogen) atoms. The van der Waals surface area contributed by atoms with Gasteiger partial charge >= 0.3 is 5.69 Å². The lowest BCUT2D eigenvalue weighted by molar-refractivity contribution is 0.0678. The van der Waals surface area contributed by atoms with Crippen LogP contribution in [0.25, 0.3) is 11.2 Å². The lowest BCUT2D eigenvalue weighted by Gasteiger charge is -2.16. The summed E-state index contributed by atoms with van der Waals surface area (Å²) in [6.45, 7) is 3.81. The molecule has 0 amide bonds. The molecule has 0 aliphatic rings. The van der Waals surface area contributed by atoms with E-state index in [-0.39, 0.29) is 11.1 Å². The minimum absolute atomic E-state index is 0.273. The molecule has 2 heterocycles. The van der Waals surface area contributed by atoms with E-state index in [1.807, 2.05) is 0 Å². The van der Waals surface area contributed by atoms with E-state index in [9.17, 15) is 14.7 Å². The number of hydrogen-bond donors (Lipinski definition) is 2. The van der Waals surface area contributed by atoms with Gasteiger partial charge in [0.2, 0.25) is 0 Å². The monoisotopic (exact) mass is 280 g/mol. The fourth-order valence-corrected chi connectivity index (χ4v) is 2.15. The van der Waals surface area contributed by atoms with Gasteiger partial charge in [0.05, 0.1) is 11.9 Å². The van der Waals surface area contributed by atoms with Crippen molar-refractivity contribution in [2.45, 2.75) is 45.3 Å². The molecule has 0 unspecified atom stereocenters. The molecule has 110 valence electrons. The molecule has 7 heteroatoms. The predicted octanol–water partition coefficient (Wildman–Crippen LogP) is 0.365.